The van der Waals surface area contributed by atoms with Gasteiger partial charge in [0, 0.05) is 25.8 Å². The number of rotatable bonds is 7. The smallest absolute Gasteiger partial charge is 0.380 e. The molecule has 20 heavy (non-hydrogen) atoms. The highest BCUT2D eigenvalue weighted by molar-refractivity contribution is 5.45. The van der Waals surface area contributed by atoms with Crippen molar-refractivity contribution in [2.24, 2.45) is 5.84 Å². The van der Waals surface area contributed by atoms with Crippen LogP contribution in [0.15, 0.2) is 6.07 Å². The number of nitrogens with zero attached hydrogens (tertiary/aromatic N) is 3. The third-order valence-corrected chi connectivity index (χ3v) is 2.55. The molecule has 3 N–H and O–H groups in total. The van der Waals surface area contributed by atoms with E-state index in [2.05, 4.69) is 9.97 Å². The molecule has 1 heterocycles. The number of nitrogens with one attached hydrogen (secondary N) is 1. The van der Waals surface area contributed by atoms with Crippen LogP contribution < -0.4 is 16.2 Å². The molecule has 0 unspecified atom stereocenters. The number of anilines is 2. The highest BCUT2D eigenvalue weighted by Crippen LogP contribution is 2.30. The fraction of sp³-hybridized carbons (Fsp3) is 0.636. The third-order valence-electron chi connectivity index (χ3n) is 2.55. The van der Waals surface area contributed by atoms with Crippen molar-refractivity contribution in [3.8, 4) is 0 Å². The Hall–Kier alpha value is -1.61. The van der Waals surface area contributed by atoms with Crippen molar-refractivity contribution in [1.29, 1.82) is 0 Å². The van der Waals surface area contributed by atoms with Gasteiger partial charge >= 0.3 is 6.18 Å². The number of hydrogen-bond donors (Lipinski definition) is 2. The lowest BCUT2D eigenvalue weighted by Gasteiger charge is -2.23. The molecule has 1 aromatic rings. The van der Waals surface area contributed by atoms with Gasteiger partial charge in [0.15, 0.2) is 5.69 Å². The first-order valence-electron chi connectivity index (χ1n) is 6.18. The molecule has 0 aliphatic rings. The fourth-order valence-electron chi connectivity index (χ4n) is 1.56. The quantitative estimate of drug-likeness (QED) is 0.452. The van der Waals surface area contributed by atoms with Crippen molar-refractivity contribution in [2.75, 3.05) is 36.6 Å². The van der Waals surface area contributed by atoms with Gasteiger partial charge in [0.05, 0.1) is 6.61 Å². The average Bonchev–Trinajstić information content (AvgIpc) is 2.42. The van der Waals surface area contributed by atoms with E-state index >= 15 is 0 Å². The molecule has 0 aliphatic heterocycles. The molecule has 0 bridgehead atoms. The van der Waals surface area contributed by atoms with E-state index in [4.69, 9.17) is 10.6 Å². The van der Waals surface area contributed by atoms with Crippen LogP contribution in [0.5, 0.6) is 0 Å². The van der Waals surface area contributed by atoms with Crippen LogP contribution in [0.1, 0.15) is 19.5 Å². The van der Waals surface area contributed by atoms with Gasteiger partial charge in [-0.05, 0) is 13.8 Å². The first-order chi connectivity index (χ1) is 9.42. The molecule has 0 atom stereocenters. The summed E-state index contributed by atoms with van der Waals surface area (Å²) >= 11 is 0. The summed E-state index contributed by atoms with van der Waals surface area (Å²) in [7, 11) is 0. The van der Waals surface area contributed by atoms with Crippen molar-refractivity contribution in [1.82, 2.24) is 9.97 Å². The molecule has 1 rings (SSSR count). The summed E-state index contributed by atoms with van der Waals surface area (Å²) < 4.78 is 43.5. The van der Waals surface area contributed by atoms with E-state index in [1.807, 2.05) is 19.3 Å². The number of alkyl halides is 3. The van der Waals surface area contributed by atoms with Gasteiger partial charge in [-0.2, -0.15) is 18.2 Å². The van der Waals surface area contributed by atoms with Crippen LogP contribution in [0.3, 0.4) is 0 Å². The maximum Gasteiger partial charge on any atom is 0.433 e. The topological polar surface area (TPSA) is 76.3 Å². The normalized spacial score (nSPS) is 11.5. The molecule has 6 nitrogen and oxygen atoms in total. The number of hydrazine groups is 1. The Kier molecular flexibility index (Phi) is 5.96. The SMILES string of the molecule is CCOCCN(CC)c1cc(C(F)(F)F)nc(NN)n1. The Morgan fingerprint density at radius 1 is 1.35 bits per heavy atom. The maximum absolute atomic E-state index is 12.8. The summed E-state index contributed by atoms with van der Waals surface area (Å²) in [6.45, 7) is 5.54. The maximum atomic E-state index is 12.8. The van der Waals surface area contributed by atoms with Crippen molar-refractivity contribution < 1.29 is 17.9 Å². The average molecular weight is 293 g/mol. The lowest BCUT2D eigenvalue weighted by atomic mass is 10.3. The van der Waals surface area contributed by atoms with Crippen LogP contribution in [0.2, 0.25) is 0 Å². The first-order valence-corrected chi connectivity index (χ1v) is 6.18. The summed E-state index contributed by atoms with van der Waals surface area (Å²) in [4.78, 5) is 8.90. The van der Waals surface area contributed by atoms with Gasteiger partial charge in [-0.3, -0.25) is 5.43 Å². The molecular weight excluding hydrogens is 275 g/mol. The number of halogens is 3. The van der Waals surface area contributed by atoms with Crippen molar-refractivity contribution >= 4 is 11.8 Å². The van der Waals surface area contributed by atoms with Gasteiger partial charge < -0.3 is 9.64 Å². The molecule has 9 heteroatoms. The highest BCUT2D eigenvalue weighted by Gasteiger charge is 2.34. The minimum absolute atomic E-state index is 0.155. The van der Waals surface area contributed by atoms with E-state index in [0.717, 1.165) is 6.07 Å². The fourth-order valence-corrected chi connectivity index (χ4v) is 1.56. The molecule has 0 spiro atoms. The van der Waals surface area contributed by atoms with Gasteiger partial charge in [-0.1, -0.05) is 0 Å². The summed E-state index contributed by atoms with van der Waals surface area (Å²) in [6, 6.07) is 0.899. The Balaban J connectivity index is 3.02. The number of aromatic nitrogens is 2. The molecule has 0 aromatic carbocycles. The molecule has 114 valence electrons. The lowest BCUT2D eigenvalue weighted by Crippen LogP contribution is -2.29. The van der Waals surface area contributed by atoms with Crippen LogP contribution in [0.25, 0.3) is 0 Å². The van der Waals surface area contributed by atoms with E-state index in [-0.39, 0.29) is 11.8 Å². The Labute approximate surface area is 115 Å². The van der Waals surface area contributed by atoms with Crippen LogP contribution >= 0.6 is 0 Å². The Bertz CT molecular complexity index is 427. The number of nitrogens with two attached hydrogens (primary N) is 1. The predicted octanol–water partition coefficient (Wildman–Crippen LogP) is 1.64. The summed E-state index contributed by atoms with van der Waals surface area (Å²) in [5, 5.41) is 0. The van der Waals surface area contributed by atoms with Gasteiger partial charge in [0.1, 0.15) is 5.82 Å². The second-order valence-electron chi connectivity index (χ2n) is 3.85. The molecule has 1 aromatic heterocycles. The van der Waals surface area contributed by atoms with Gasteiger partial charge in [-0.15, -0.1) is 0 Å². The molecular formula is C11H18F3N5O. The van der Waals surface area contributed by atoms with E-state index < -0.39 is 11.9 Å². The highest BCUT2D eigenvalue weighted by atomic mass is 19.4. The molecule has 0 amide bonds. The zero-order valence-corrected chi connectivity index (χ0v) is 11.4. The zero-order valence-electron chi connectivity index (χ0n) is 11.4. The summed E-state index contributed by atoms with van der Waals surface area (Å²) in [5.74, 6) is 4.99. The van der Waals surface area contributed by atoms with Gasteiger partial charge in [0.2, 0.25) is 5.95 Å². The standard InChI is InChI=1S/C11H18F3N5O/c1-3-19(5-6-20-4-2)9-7-8(11(12,13)14)16-10(17-9)18-15/h7H,3-6,15H2,1-2H3,(H,16,17,18). The minimum atomic E-state index is -4.55. The first kappa shape index (κ1) is 16.4. The van der Waals surface area contributed by atoms with Crippen molar-refractivity contribution in [3.63, 3.8) is 0 Å². The molecule has 0 radical (unpaired) electrons. The van der Waals surface area contributed by atoms with Gasteiger partial charge in [-0.25, -0.2) is 10.8 Å². The van der Waals surface area contributed by atoms with Crippen LogP contribution in [0, 0.1) is 0 Å². The predicted molar refractivity (Wildman–Crippen MR) is 69.2 cm³/mol. The van der Waals surface area contributed by atoms with Crippen LogP contribution in [-0.2, 0) is 10.9 Å². The van der Waals surface area contributed by atoms with E-state index in [1.165, 1.54) is 0 Å². The minimum Gasteiger partial charge on any atom is -0.380 e. The Morgan fingerprint density at radius 2 is 2.05 bits per heavy atom. The number of likely N-dealkylation sites (N-methyl/N-ethyl adjacent to an activating group) is 1. The third kappa shape index (κ3) is 4.49. The number of nitrogen functional groups attached to an aromatic ring is 1. The summed E-state index contributed by atoms with van der Waals surface area (Å²) in [5.41, 5.74) is 1.01. The largest absolute Gasteiger partial charge is 0.433 e. The van der Waals surface area contributed by atoms with Crippen molar-refractivity contribution in [2.45, 2.75) is 20.0 Å². The molecule has 0 saturated heterocycles. The number of hydrogen-bond acceptors (Lipinski definition) is 6. The molecule has 0 fully saturated rings. The van der Waals surface area contributed by atoms with Crippen molar-refractivity contribution in [3.05, 3.63) is 11.8 Å². The van der Waals surface area contributed by atoms with E-state index in [0.29, 0.717) is 26.3 Å². The Morgan fingerprint density at radius 3 is 2.55 bits per heavy atom. The monoisotopic (exact) mass is 293 g/mol. The molecule has 0 aliphatic carbocycles. The second-order valence-corrected chi connectivity index (χ2v) is 3.85. The summed E-state index contributed by atoms with van der Waals surface area (Å²) in [6.07, 6.45) is -4.55. The van der Waals surface area contributed by atoms with Crippen LogP contribution in [0.4, 0.5) is 24.9 Å². The van der Waals surface area contributed by atoms with E-state index in [9.17, 15) is 13.2 Å². The molecule has 0 saturated carbocycles. The second kappa shape index (κ2) is 7.25. The lowest BCUT2D eigenvalue weighted by molar-refractivity contribution is -0.141. The zero-order chi connectivity index (χ0) is 15.2. The van der Waals surface area contributed by atoms with E-state index in [1.54, 1.807) is 4.90 Å². The number of ether oxygens (including phenoxy) is 1. The van der Waals surface area contributed by atoms with Crippen LogP contribution in [-0.4, -0.2) is 36.3 Å². The van der Waals surface area contributed by atoms with Gasteiger partial charge in [0.25, 0.3) is 0 Å².